The molecule has 7 heterocycles. The van der Waals surface area contributed by atoms with Crippen molar-refractivity contribution in [1.29, 1.82) is 0 Å². The average Bonchev–Trinajstić information content (AvgIpc) is 3.73. The van der Waals surface area contributed by atoms with E-state index in [-0.39, 0.29) is 44.1 Å². The van der Waals surface area contributed by atoms with Gasteiger partial charge in [-0.1, -0.05) is 97.1 Å². The van der Waals surface area contributed by atoms with Crippen LogP contribution in [-0.2, 0) is 32.3 Å². The van der Waals surface area contributed by atoms with Crippen LogP contribution in [0, 0.1) is 0 Å². The number of rotatable bonds is 12. The van der Waals surface area contributed by atoms with Gasteiger partial charge < -0.3 is 34.4 Å². The molecular weight excluding hydrogens is 941 g/mol. The molecule has 73 heavy (non-hydrogen) atoms. The fraction of sp³-hybridized carbons (Fsp3) is 0.120. The van der Waals surface area contributed by atoms with Gasteiger partial charge in [0.15, 0.2) is 23.1 Å². The molecule has 318 valence electrons. The van der Waals surface area contributed by atoms with Crippen LogP contribution in [0.15, 0.2) is 133 Å². The molecule has 4 atom stereocenters. The second kappa shape index (κ2) is 18.6. The van der Waals surface area contributed by atoms with E-state index < -0.39 is 10.4 Å². The largest absolute Gasteiger partial charge is 2.00 e. The molecule has 9 aromatic rings. The summed E-state index contributed by atoms with van der Waals surface area (Å²) in [5.74, 6) is 3.78. The van der Waals surface area contributed by atoms with Crippen LogP contribution in [0.5, 0.6) is 23.0 Å². The molecule has 6 aromatic carbocycles. The zero-order chi connectivity index (χ0) is 48.9. The Morgan fingerprint density at radius 1 is 0.452 bits per heavy atom. The molecule has 23 heteroatoms. The van der Waals surface area contributed by atoms with Crippen molar-refractivity contribution in [2.75, 3.05) is 0 Å². The summed E-state index contributed by atoms with van der Waals surface area (Å²) in [5, 5.41) is 2.05. The Balaban J connectivity index is 0.00000543. The Kier molecular flexibility index (Phi) is 12.1. The first kappa shape index (κ1) is 47.7. The molecule has 4 aliphatic rings. The zero-order valence-corrected chi connectivity index (χ0v) is 42.3. The molecule has 10 nitrogen and oxygen atoms in total. The number of aromatic nitrogens is 8. The van der Waals surface area contributed by atoms with Gasteiger partial charge in [0.2, 0.25) is 0 Å². The summed E-state index contributed by atoms with van der Waals surface area (Å²) < 4.78 is 13.6. The zero-order valence-electron chi connectivity index (χ0n) is 39.3. The summed E-state index contributed by atoms with van der Waals surface area (Å²) in [4.78, 5) is 40.7. The van der Waals surface area contributed by atoms with Crippen LogP contribution in [0.1, 0.15) is 11.1 Å². The molecule has 3 aromatic heterocycles. The number of fused-ring (bicyclic) bond motifs is 20. The summed E-state index contributed by atoms with van der Waals surface area (Å²) in [7, 11) is 43.6. The first-order valence-electron chi connectivity index (χ1n) is 23.7. The van der Waals surface area contributed by atoms with Crippen molar-refractivity contribution in [3.63, 3.8) is 0 Å². The van der Waals surface area contributed by atoms with Crippen molar-refractivity contribution >= 4 is 132 Å². The van der Waals surface area contributed by atoms with Crippen LogP contribution >= 0.6 is 0 Å². The topological polar surface area (TPSA) is 124 Å². The number of nitrogens with zero attached hydrogens (tertiary/aromatic N) is 8. The summed E-state index contributed by atoms with van der Waals surface area (Å²) in [6, 6.07) is 43.0. The van der Waals surface area contributed by atoms with E-state index >= 15 is 0 Å². The normalized spacial score (nSPS) is 19.1. The van der Waals surface area contributed by atoms with E-state index in [0.29, 0.717) is 92.5 Å². The van der Waals surface area contributed by atoms with Gasteiger partial charge in [0.05, 0.1) is 39.2 Å². The van der Waals surface area contributed by atoms with Crippen molar-refractivity contribution in [1.82, 2.24) is 39.9 Å². The van der Waals surface area contributed by atoms with Crippen molar-refractivity contribution in [3.05, 3.63) is 145 Å². The van der Waals surface area contributed by atoms with Crippen molar-refractivity contribution in [2.45, 2.75) is 34.7 Å². The fourth-order valence-electron chi connectivity index (χ4n) is 10.7. The van der Waals surface area contributed by atoms with Gasteiger partial charge in [0.1, 0.15) is 11.5 Å². The van der Waals surface area contributed by atoms with Crippen LogP contribution in [0.2, 0.25) is 21.9 Å². The minimum atomic E-state index is -0.407. The quantitative estimate of drug-likeness (QED) is 0.128. The molecule has 4 unspecified atom stereocenters. The second-order valence-electron chi connectivity index (χ2n) is 18.9. The van der Waals surface area contributed by atoms with Gasteiger partial charge in [-0.25, -0.2) is 15.0 Å². The first-order chi connectivity index (χ1) is 35.2. The predicted molar refractivity (Wildman–Crippen MR) is 296 cm³/mol. The van der Waals surface area contributed by atoms with E-state index in [1.807, 2.05) is 133 Å². The number of hydrogen-bond acceptors (Lipinski definition) is 8. The van der Waals surface area contributed by atoms with Crippen LogP contribution in [0.4, 0.5) is 0 Å². The third-order valence-corrected chi connectivity index (χ3v) is 14.9. The fourth-order valence-corrected chi connectivity index (χ4v) is 10.7. The van der Waals surface area contributed by atoms with Crippen molar-refractivity contribution in [3.8, 4) is 68.5 Å². The molecule has 2 fully saturated rings. The summed E-state index contributed by atoms with van der Waals surface area (Å²) in [6.45, 7) is -0.303. The molecule has 16 radical (unpaired) electrons. The molecule has 0 aliphatic carbocycles. The van der Waals surface area contributed by atoms with Gasteiger partial charge in [-0.15, -0.1) is 21.9 Å². The molecule has 8 bridgehead atoms. The number of ether oxygens (including phenoxy) is 2. The van der Waals surface area contributed by atoms with E-state index in [1.165, 1.54) is 0 Å². The van der Waals surface area contributed by atoms with E-state index in [2.05, 4.69) is 0 Å². The molecule has 0 amide bonds. The van der Waals surface area contributed by atoms with Gasteiger partial charge >= 0.3 is 19.5 Å². The van der Waals surface area contributed by atoms with E-state index in [9.17, 15) is 0 Å². The first-order valence-corrected chi connectivity index (χ1v) is 23.7. The maximum absolute atomic E-state index is 6.78. The van der Waals surface area contributed by atoms with Crippen molar-refractivity contribution in [2.24, 2.45) is 0 Å². The van der Waals surface area contributed by atoms with E-state index in [0.717, 1.165) is 44.2 Å². The SMILES string of the molecule is [B][11B]C1[11B]([B])C1([11B][B])Cc1ccc(Oc2cc3c4nc5nc(nc6nc(nc7[n-]c(nc([n-]4)c3cc2Oc2ccc(CC3([11B][B])[11B]([B])C3[11B][B])cc2)c2ccccc72)-c2ccccc2-6)-c2ccccc2-5)cc1.[Zn+2]. The van der Waals surface area contributed by atoms with Gasteiger partial charge in [0, 0.05) is 106 Å². The Labute approximate surface area is 446 Å². The summed E-state index contributed by atoms with van der Waals surface area (Å²) >= 11 is 0. The number of benzene rings is 6. The molecule has 4 aliphatic heterocycles. The van der Waals surface area contributed by atoms with Gasteiger partial charge in [-0.2, -0.15) is 0 Å². The molecular formula is C50H28B12N8O2Zn. The monoisotopic (exact) mass is 968 g/mol. The van der Waals surface area contributed by atoms with Gasteiger partial charge in [-0.05, 0) is 81.9 Å². The van der Waals surface area contributed by atoms with Crippen LogP contribution in [0.3, 0.4) is 0 Å². The molecule has 0 N–H and O–H groups in total. The van der Waals surface area contributed by atoms with Gasteiger partial charge in [-0.3, -0.25) is 0 Å². The predicted octanol–water partition coefficient (Wildman–Crippen LogP) is 6.34. The third kappa shape index (κ3) is 7.98. The van der Waals surface area contributed by atoms with E-state index in [1.54, 1.807) is 28.7 Å². The average molecular weight is 969 g/mol. The standard InChI is InChI=1S/C50H28B12N8O2.Zn/c51-57-47-49(59-53,61(47)55)23-25-13-17-27(18-14-25)71-37-21-35-36(22-38(37)72-28-19-15-26(16-20-28)24-50(60-54)48(58-52)62(50)56)46-69-44-34-12-6-4-10-32(34)42(67-44)65-40-30-8-2-1-7-29(30)39(63-40)64-41-31-9-3-5-11-33(31)43(66-41)68-45(35)70-46;/h1-22,47-48H,23-24H2;/q-2;+2/i57+0,58+0,59+0,60+0,61+0,62+0;. The van der Waals surface area contributed by atoms with Crippen molar-refractivity contribution < 1.29 is 29.0 Å². The molecule has 0 spiro atoms. The molecule has 2 saturated heterocycles. The Morgan fingerprint density at radius 2 is 0.795 bits per heavy atom. The Hall–Kier alpha value is -6.32. The Morgan fingerprint density at radius 3 is 1.16 bits per heavy atom. The third-order valence-electron chi connectivity index (χ3n) is 14.9. The minimum absolute atomic E-state index is 0. The van der Waals surface area contributed by atoms with Crippen LogP contribution < -0.4 is 19.4 Å². The van der Waals surface area contributed by atoms with Crippen LogP contribution in [-0.4, -0.2) is 118 Å². The summed E-state index contributed by atoms with van der Waals surface area (Å²) in [5.41, 5.74) is 6.92. The minimum Gasteiger partial charge on any atom is -0.453 e. The smallest absolute Gasteiger partial charge is 0.453 e. The maximum Gasteiger partial charge on any atom is 2.00 e. The second-order valence-corrected chi connectivity index (χ2v) is 18.9. The van der Waals surface area contributed by atoms with E-state index in [4.69, 9.17) is 95.8 Å². The molecule has 13 rings (SSSR count). The Bertz CT molecular complexity index is 3840. The maximum atomic E-state index is 6.78. The van der Waals surface area contributed by atoms with Crippen LogP contribution in [0.25, 0.3) is 89.7 Å². The number of hydrogen-bond donors (Lipinski definition) is 0. The van der Waals surface area contributed by atoms with Gasteiger partial charge in [0.25, 0.3) is 0 Å². The molecule has 0 saturated carbocycles. The summed E-state index contributed by atoms with van der Waals surface area (Å²) in [6.07, 6.45) is 1.25.